The van der Waals surface area contributed by atoms with E-state index in [1.165, 1.54) is 4.90 Å². The molecule has 0 saturated heterocycles. The molecule has 1 heterocycles. The third-order valence-electron chi connectivity index (χ3n) is 4.87. The summed E-state index contributed by atoms with van der Waals surface area (Å²) >= 11 is 6.15. The van der Waals surface area contributed by atoms with Crippen molar-refractivity contribution < 1.29 is 14.7 Å². The van der Waals surface area contributed by atoms with Gasteiger partial charge < -0.3 is 15.3 Å². The summed E-state index contributed by atoms with van der Waals surface area (Å²) in [7, 11) is 0. The highest BCUT2D eigenvalue weighted by Gasteiger charge is 2.33. The van der Waals surface area contributed by atoms with Crippen molar-refractivity contribution in [2.24, 2.45) is 5.92 Å². The molecular formula is C17H21ClN2O3. The third kappa shape index (κ3) is 3.21. The average Bonchev–Trinajstić information content (AvgIpc) is 3.00. The maximum Gasteiger partial charge on any atom is 0.316 e. The second-order valence-electron chi connectivity index (χ2n) is 6.25. The summed E-state index contributed by atoms with van der Waals surface area (Å²) in [5.74, 6) is -1.10. The molecule has 0 radical (unpaired) electrons. The fourth-order valence-corrected chi connectivity index (χ4v) is 3.84. The first-order valence-corrected chi connectivity index (χ1v) is 8.50. The number of hydrogen-bond donors (Lipinski definition) is 2. The van der Waals surface area contributed by atoms with Crippen molar-refractivity contribution in [1.82, 2.24) is 5.32 Å². The minimum absolute atomic E-state index is 0.0424. The molecule has 0 bridgehead atoms. The second-order valence-corrected chi connectivity index (χ2v) is 6.66. The maximum atomic E-state index is 12.5. The predicted octanol–water partition coefficient (Wildman–Crippen LogP) is 1.90. The molecule has 0 aromatic heterocycles. The van der Waals surface area contributed by atoms with E-state index in [2.05, 4.69) is 5.32 Å². The highest BCUT2D eigenvalue weighted by Crippen LogP contribution is 2.33. The van der Waals surface area contributed by atoms with Crippen LogP contribution in [-0.2, 0) is 16.0 Å². The second kappa shape index (κ2) is 6.89. The number of fused-ring (bicyclic) bond motifs is 1. The van der Waals surface area contributed by atoms with E-state index in [1.807, 2.05) is 6.07 Å². The van der Waals surface area contributed by atoms with Crippen LogP contribution in [0.4, 0.5) is 5.69 Å². The Kier molecular flexibility index (Phi) is 4.87. The average molecular weight is 337 g/mol. The zero-order chi connectivity index (χ0) is 16.4. The van der Waals surface area contributed by atoms with Crippen LogP contribution in [0.1, 0.15) is 31.2 Å². The Morgan fingerprint density at radius 1 is 1.30 bits per heavy atom. The van der Waals surface area contributed by atoms with Gasteiger partial charge in [0.25, 0.3) is 0 Å². The van der Waals surface area contributed by atoms with Gasteiger partial charge in [0, 0.05) is 35.8 Å². The number of amides is 2. The van der Waals surface area contributed by atoms with Crippen LogP contribution in [0.25, 0.3) is 0 Å². The molecule has 2 aliphatic rings. The summed E-state index contributed by atoms with van der Waals surface area (Å²) < 4.78 is 0. The molecular weight excluding hydrogens is 316 g/mol. The van der Waals surface area contributed by atoms with Gasteiger partial charge in [0.2, 0.25) is 0 Å². The number of hydrogen-bond acceptors (Lipinski definition) is 3. The lowest BCUT2D eigenvalue weighted by atomic mass is 9.85. The molecule has 2 amide bonds. The molecule has 1 fully saturated rings. The number of rotatable bonds is 2. The van der Waals surface area contributed by atoms with E-state index in [0.29, 0.717) is 18.0 Å². The van der Waals surface area contributed by atoms with E-state index in [4.69, 9.17) is 11.6 Å². The zero-order valence-corrected chi connectivity index (χ0v) is 13.7. The van der Waals surface area contributed by atoms with Gasteiger partial charge in [-0.3, -0.25) is 9.59 Å². The van der Waals surface area contributed by atoms with Crippen molar-refractivity contribution in [2.45, 2.75) is 38.1 Å². The Morgan fingerprint density at radius 2 is 2.09 bits per heavy atom. The van der Waals surface area contributed by atoms with E-state index in [-0.39, 0.29) is 18.6 Å². The number of anilines is 1. The van der Waals surface area contributed by atoms with Crippen LogP contribution in [0.2, 0.25) is 5.02 Å². The molecule has 2 unspecified atom stereocenters. The fourth-order valence-electron chi connectivity index (χ4n) is 3.57. The largest absolute Gasteiger partial charge is 0.396 e. The van der Waals surface area contributed by atoms with E-state index >= 15 is 0 Å². The van der Waals surface area contributed by atoms with Crippen molar-refractivity contribution >= 4 is 29.1 Å². The van der Waals surface area contributed by atoms with Gasteiger partial charge in [-0.25, -0.2) is 0 Å². The van der Waals surface area contributed by atoms with Crippen molar-refractivity contribution in [3.63, 3.8) is 0 Å². The normalized spacial score (nSPS) is 23.5. The standard InChI is InChI=1S/C17H21ClN2O3/c18-13-5-3-7-15-12(13)8-9-20(15)17(23)16(22)19-14-6-2-1-4-11(14)10-21/h3,5,7,11,14,21H,1-2,4,6,8-10H2,(H,19,22). The SMILES string of the molecule is O=C(NC1CCCCC1CO)C(=O)N1CCc2c(Cl)cccc21. The van der Waals surface area contributed by atoms with Gasteiger partial charge in [-0.2, -0.15) is 0 Å². The number of carbonyl (C=O) groups is 2. The minimum atomic E-state index is -0.594. The molecule has 3 rings (SSSR count). The molecule has 5 nitrogen and oxygen atoms in total. The minimum Gasteiger partial charge on any atom is -0.396 e. The number of aliphatic hydroxyl groups excluding tert-OH is 1. The maximum absolute atomic E-state index is 12.5. The van der Waals surface area contributed by atoms with E-state index in [0.717, 1.165) is 36.9 Å². The van der Waals surface area contributed by atoms with Gasteiger partial charge in [0.05, 0.1) is 0 Å². The van der Waals surface area contributed by atoms with E-state index in [9.17, 15) is 14.7 Å². The Hall–Kier alpha value is -1.59. The van der Waals surface area contributed by atoms with Crippen LogP contribution in [0.3, 0.4) is 0 Å². The Labute approximate surface area is 140 Å². The van der Waals surface area contributed by atoms with Crippen LogP contribution in [0.5, 0.6) is 0 Å². The molecule has 2 N–H and O–H groups in total. The van der Waals surface area contributed by atoms with Gasteiger partial charge >= 0.3 is 11.8 Å². The summed E-state index contributed by atoms with van der Waals surface area (Å²) in [5.41, 5.74) is 1.64. The number of carbonyl (C=O) groups excluding carboxylic acids is 2. The predicted molar refractivity (Wildman–Crippen MR) is 88.5 cm³/mol. The molecule has 1 aromatic rings. The lowest BCUT2D eigenvalue weighted by Crippen LogP contribution is -2.50. The van der Waals surface area contributed by atoms with E-state index in [1.54, 1.807) is 12.1 Å². The van der Waals surface area contributed by atoms with Crippen LogP contribution in [0, 0.1) is 5.92 Å². The summed E-state index contributed by atoms with van der Waals surface area (Å²) in [6, 6.07) is 5.28. The first-order valence-electron chi connectivity index (χ1n) is 8.12. The smallest absolute Gasteiger partial charge is 0.316 e. The molecule has 1 saturated carbocycles. The number of nitrogens with zero attached hydrogens (tertiary/aromatic N) is 1. The molecule has 2 atom stereocenters. The third-order valence-corrected chi connectivity index (χ3v) is 5.22. The summed E-state index contributed by atoms with van der Waals surface area (Å²) in [5, 5.41) is 12.9. The van der Waals surface area contributed by atoms with Crippen molar-refractivity contribution in [3.05, 3.63) is 28.8 Å². The van der Waals surface area contributed by atoms with Gasteiger partial charge in [0.1, 0.15) is 0 Å². The monoisotopic (exact) mass is 336 g/mol. The highest BCUT2D eigenvalue weighted by atomic mass is 35.5. The lowest BCUT2D eigenvalue weighted by Gasteiger charge is -2.31. The number of benzene rings is 1. The van der Waals surface area contributed by atoms with E-state index < -0.39 is 11.8 Å². The van der Waals surface area contributed by atoms with Crippen LogP contribution < -0.4 is 10.2 Å². The molecule has 0 spiro atoms. The first kappa shape index (κ1) is 16.3. The highest BCUT2D eigenvalue weighted by molar-refractivity contribution is 6.41. The van der Waals surface area contributed by atoms with Gasteiger partial charge in [-0.05, 0) is 37.0 Å². The lowest BCUT2D eigenvalue weighted by molar-refractivity contribution is -0.138. The van der Waals surface area contributed by atoms with Crippen LogP contribution in [0.15, 0.2) is 18.2 Å². The van der Waals surface area contributed by atoms with Gasteiger partial charge in [-0.15, -0.1) is 0 Å². The van der Waals surface area contributed by atoms with Crippen molar-refractivity contribution in [3.8, 4) is 0 Å². The van der Waals surface area contributed by atoms with Crippen LogP contribution >= 0.6 is 11.6 Å². The van der Waals surface area contributed by atoms with Gasteiger partial charge in [0.15, 0.2) is 0 Å². The molecule has 6 heteroatoms. The quantitative estimate of drug-likeness (QED) is 0.810. The summed E-state index contributed by atoms with van der Waals surface area (Å²) in [6.07, 6.45) is 4.43. The fraction of sp³-hybridized carbons (Fsp3) is 0.529. The Balaban J connectivity index is 1.69. The molecule has 1 aliphatic carbocycles. The van der Waals surface area contributed by atoms with Crippen LogP contribution in [-0.4, -0.2) is 36.1 Å². The molecule has 1 aliphatic heterocycles. The first-order chi connectivity index (χ1) is 11.1. The van der Waals surface area contributed by atoms with Gasteiger partial charge in [-0.1, -0.05) is 30.5 Å². The topological polar surface area (TPSA) is 69.6 Å². The molecule has 1 aromatic carbocycles. The number of nitrogens with one attached hydrogen (secondary N) is 1. The number of halogens is 1. The molecule has 124 valence electrons. The zero-order valence-electron chi connectivity index (χ0n) is 12.9. The number of aliphatic hydroxyl groups is 1. The van der Waals surface area contributed by atoms with Crippen molar-refractivity contribution in [2.75, 3.05) is 18.1 Å². The Bertz CT molecular complexity index is 620. The molecule has 23 heavy (non-hydrogen) atoms. The summed E-state index contributed by atoms with van der Waals surface area (Å²) in [6.45, 7) is 0.515. The Morgan fingerprint density at radius 3 is 2.87 bits per heavy atom. The summed E-state index contributed by atoms with van der Waals surface area (Å²) in [4.78, 5) is 26.3. The van der Waals surface area contributed by atoms with Crippen molar-refractivity contribution in [1.29, 1.82) is 0 Å².